The van der Waals surface area contributed by atoms with Crippen molar-refractivity contribution in [3.8, 4) is 5.75 Å². The van der Waals surface area contributed by atoms with Crippen LogP contribution in [0.25, 0.3) is 0 Å². The summed E-state index contributed by atoms with van der Waals surface area (Å²) in [7, 11) is 0. The molecule has 1 fully saturated rings. The van der Waals surface area contributed by atoms with E-state index < -0.39 is 0 Å². The highest BCUT2D eigenvalue weighted by Crippen LogP contribution is 2.15. The van der Waals surface area contributed by atoms with E-state index in [1.807, 2.05) is 4.90 Å². The van der Waals surface area contributed by atoms with E-state index in [0.717, 1.165) is 32.1 Å². The van der Waals surface area contributed by atoms with E-state index in [1.165, 1.54) is 6.07 Å². The fourth-order valence-electron chi connectivity index (χ4n) is 2.57. The first-order chi connectivity index (χ1) is 12.2. The summed E-state index contributed by atoms with van der Waals surface area (Å²) in [6.07, 6.45) is 3.47. The molecule has 0 atom stereocenters. The Bertz CT molecular complexity index is 709. The molecule has 0 radical (unpaired) electrons. The Morgan fingerprint density at radius 3 is 2.50 bits per heavy atom. The zero-order valence-corrected chi connectivity index (χ0v) is 16.6. The minimum Gasteiger partial charge on any atom is -0.489 e. The predicted octanol–water partition coefficient (Wildman–Crippen LogP) is 1.75. The van der Waals surface area contributed by atoms with E-state index in [4.69, 9.17) is 10.5 Å². The van der Waals surface area contributed by atoms with Crippen molar-refractivity contribution in [2.75, 3.05) is 44.2 Å². The van der Waals surface area contributed by atoms with E-state index in [2.05, 4.69) is 19.9 Å². The van der Waals surface area contributed by atoms with Crippen molar-refractivity contribution in [1.82, 2.24) is 14.9 Å². The quantitative estimate of drug-likeness (QED) is 0.309. The Hall–Kier alpha value is -2.17. The fraction of sp³-hybridized carbons (Fsp3) is 0.353. The van der Waals surface area contributed by atoms with Crippen LogP contribution in [0.3, 0.4) is 0 Å². The molecule has 1 saturated heterocycles. The average Bonchev–Trinajstić information content (AvgIpc) is 2.67. The molecule has 2 N–H and O–H groups in total. The van der Waals surface area contributed by atoms with Gasteiger partial charge in [0.2, 0.25) is 5.95 Å². The van der Waals surface area contributed by atoms with Crippen LogP contribution in [0.1, 0.15) is 0 Å². The Morgan fingerprint density at radius 2 is 1.81 bits per heavy atom. The van der Waals surface area contributed by atoms with Crippen LogP contribution in [-0.2, 0) is 0 Å². The van der Waals surface area contributed by atoms with Crippen molar-refractivity contribution in [3.63, 3.8) is 0 Å². The lowest BCUT2D eigenvalue weighted by molar-refractivity contribution is 0.309. The number of halogens is 2. The van der Waals surface area contributed by atoms with Crippen molar-refractivity contribution >= 4 is 35.9 Å². The van der Waals surface area contributed by atoms with Gasteiger partial charge in [0, 0.05) is 38.6 Å². The highest BCUT2D eigenvalue weighted by molar-refractivity contribution is 14.0. The van der Waals surface area contributed by atoms with Crippen LogP contribution in [0.4, 0.5) is 10.3 Å². The van der Waals surface area contributed by atoms with Crippen molar-refractivity contribution in [3.05, 3.63) is 48.5 Å². The molecule has 1 aliphatic rings. The second kappa shape index (κ2) is 10.1. The molecule has 0 saturated carbocycles. The maximum atomic E-state index is 13.4. The summed E-state index contributed by atoms with van der Waals surface area (Å²) in [4.78, 5) is 17.0. The number of nitrogens with zero attached hydrogens (tertiary/aromatic N) is 5. The summed E-state index contributed by atoms with van der Waals surface area (Å²) < 4.78 is 18.8. The highest BCUT2D eigenvalue weighted by atomic mass is 127. The monoisotopic (exact) mass is 472 g/mol. The molecule has 9 heteroatoms. The lowest BCUT2D eigenvalue weighted by atomic mass is 10.3. The van der Waals surface area contributed by atoms with Gasteiger partial charge in [0.25, 0.3) is 0 Å². The number of nitrogens with two attached hydrogens (primary N) is 1. The van der Waals surface area contributed by atoms with E-state index in [-0.39, 0.29) is 42.2 Å². The number of ether oxygens (including phenoxy) is 1. The molecule has 0 aliphatic carbocycles. The molecule has 2 aromatic rings. The smallest absolute Gasteiger partial charge is 0.225 e. The fourth-order valence-corrected chi connectivity index (χ4v) is 2.57. The molecule has 1 aliphatic heterocycles. The van der Waals surface area contributed by atoms with Crippen LogP contribution in [0.15, 0.2) is 47.7 Å². The highest BCUT2D eigenvalue weighted by Gasteiger charge is 2.19. The standard InChI is InChI=1S/C17H21FN6O.HI/c18-14-4-1-2-5-15(14)25-13-8-20-16(19)23-9-11-24(12-10-23)17-21-6-3-7-22-17;/h1-7H,8-13H2,(H2,19,20);1H. The van der Waals surface area contributed by atoms with Crippen LogP contribution in [0.5, 0.6) is 5.75 Å². The third kappa shape index (κ3) is 5.41. The molecule has 0 bridgehead atoms. The number of guanidine groups is 1. The average molecular weight is 472 g/mol. The normalized spacial score (nSPS) is 14.7. The van der Waals surface area contributed by atoms with E-state index in [1.54, 1.807) is 36.7 Å². The summed E-state index contributed by atoms with van der Waals surface area (Å²) in [6.45, 7) is 3.73. The molecule has 3 rings (SSSR count). The van der Waals surface area contributed by atoms with Gasteiger partial charge in [-0.05, 0) is 18.2 Å². The van der Waals surface area contributed by atoms with Crippen LogP contribution < -0.4 is 15.4 Å². The van der Waals surface area contributed by atoms with E-state index in [9.17, 15) is 4.39 Å². The SMILES string of the molecule is I.NC(=NCCOc1ccccc1F)N1CCN(c2ncccn2)CC1. The van der Waals surface area contributed by atoms with Gasteiger partial charge in [-0.15, -0.1) is 24.0 Å². The molecule has 26 heavy (non-hydrogen) atoms. The number of anilines is 1. The van der Waals surface area contributed by atoms with Crippen molar-refractivity contribution in [1.29, 1.82) is 0 Å². The van der Waals surface area contributed by atoms with Crippen LogP contribution in [-0.4, -0.2) is 60.2 Å². The van der Waals surface area contributed by atoms with E-state index >= 15 is 0 Å². The number of piperazine rings is 1. The number of para-hydroxylation sites is 1. The maximum Gasteiger partial charge on any atom is 0.225 e. The van der Waals surface area contributed by atoms with Gasteiger partial charge >= 0.3 is 0 Å². The van der Waals surface area contributed by atoms with Crippen molar-refractivity contribution < 1.29 is 9.13 Å². The molecule has 0 unspecified atom stereocenters. The molecule has 7 nitrogen and oxygen atoms in total. The van der Waals surface area contributed by atoms with Gasteiger partial charge in [-0.1, -0.05) is 12.1 Å². The minimum absolute atomic E-state index is 0. The van der Waals surface area contributed by atoms with Gasteiger partial charge in [-0.25, -0.2) is 19.4 Å². The molecular formula is C17H22FIN6O. The molecule has 0 spiro atoms. The summed E-state index contributed by atoms with van der Waals surface area (Å²) in [5.74, 6) is 1.06. The zero-order chi connectivity index (χ0) is 17.5. The van der Waals surface area contributed by atoms with Gasteiger partial charge < -0.3 is 20.3 Å². The van der Waals surface area contributed by atoms with Gasteiger partial charge in [0.05, 0.1) is 6.54 Å². The third-order valence-corrected chi connectivity index (χ3v) is 3.90. The molecule has 1 aromatic heterocycles. The second-order valence-electron chi connectivity index (χ2n) is 5.54. The number of aromatic nitrogens is 2. The molecule has 1 aromatic carbocycles. The van der Waals surface area contributed by atoms with Gasteiger partial charge in [0.15, 0.2) is 17.5 Å². The van der Waals surface area contributed by atoms with Crippen molar-refractivity contribution in [2.45, 2.75) is 0 Å². The molecule has 140 valence electrons. The Labute approximate surface area is 169 Å². The largest absolute Gasteiger partial charge is 0.489 e. The third-order valence-electron chi connectivity index (χ3n) is 3.90. The van der Waals surface area contributed by atoms with Crippen molar-refractivity contribution in [2.24, 2.45) is 10.7 Å². The Kier molecular flexibility index (Phi) is 7.82. The first-order valence-electron chi connectivity index (χ1n) is 8.18. The number of benzene rings is 1. The summed E-state index contributed by atoms with van der Waals surface area (Å²) in [5.41, 5.74) is 6.04. The second-order valence-corrected chi connectivity index (χ2v) is 5.54. The van der Waals surface area contributed by atoms with Gasteiger partial charge in [0.1, 0.15) is 6.61 Å². The maximum absolute atomic E-state index is 13.4. The summed E-state index contributed by atoms with van der Waals surface area (Å²) in [5, 5.41) is 0. The first-order valence-corrected chi connectivity index (χ1v) is 8.18. The number of rotatable bonds is 5. The molecule has 0 amide bonds. The van der Waals surface area contributed by atoms with Gasteiger partial charge in [-0.2, -0.15) is 0 Å². The number of hydrogen-bond donors (Lipinski definition) is 1. The Morgan fingerprint density at radius 1 is 1.12 bits per heavy atom. The predicted molar refractivity (Wildman–Crippen MR) is 110 cm³/mol. The lowest BCUT2D eigenvalue weighted by Crippen LogP contribution is -2.51. The van der Waals surface area contributed by atoms with E-state index in [0.29, 0.717) is 12.5 Å². The first kappa shape index (κ1) is 20.1. The minimum atomic E-state index is -0.376. The number of hydrogen-bond acceptors (Lipinski definition) is 5. The molecule has 2 heterocycles. The molecular weight excluding hydrogens is 450 g/mol. The number of aliphatic imine (C=N–C) groups is 1. The Balaban J connectivity index is 0.00000243. The topological polar surface area (TPSA) is 79.9 Å². The van der Waals surface area contributed by atoms with Crippen LogP contribution in [0.2, 0.25) is 0 Å². The summed E-state index contributed by atoms with van der Waals surface area (Å²) >= 11 is 0. The van der Waals surface area contributed by atoms with Crippen LogP contribution in [0, 0.1) is 5.82 Å². The van der Waals surface area contributed by atoms with Crippen LogP contribution >= 0.6 is 24.0 Å². The lowest BCUT2D eigenvalue weighted by Gasteiger charge is -2.35. The summed E-state index contributed by atoms with van der Waals surface area (Å²) in [6, 6.07) is 8.11. The van der Waals surface area contributed by atoms with Gasteiger partial charge in [-0.3, -0.25) is 0 Å². The zero-order valence-electron chi connectivity index (χ0n) is 14.3.